The smallest absolute Gasteiger partial charge is 0.224 e. The zero-order chi connectivity index (χ0) is 8.43. The van der Waals surface area contributed by atoms with E-state index in [2.05, 4.69) is 0 Å². The maximum atomic E-state index is 10.8. The minimum atomic E-state index is -0.193. The highest BCUT2D eigenvalue weighted by Gasteiger charge is 2.30. The molecule has 3 atom stereocenters. The first-order valence-electron chi connectivity index (χ1n) is 3.94. The van der Waals surface area contributed by atoms with Gasteiger partial charge in [0.15, 0.2) is 0 Å². The second-order valence-corrected chi connectivity index (χ2v) is 4.29. The van der Waals surface area contributed by atoms with E-state index in [9.17, 15) is 4.79 Å². The number of halogens is 2. The van der Waals surface area contributed by atoms with E-state index in [0.29, 0.717) is 5.92 Å². The third-order valence-electron chi connectivity index (χ3n) is 2.40. The Hall–Kier alpha value is 0.250. The fraction of sp³-hybridized carbons (Fsp3) is 0.875. The van der Waals surface area contributed by atoms with Gasteiger partial charge in [-0.2, -0.15) is 0 Å². The Morgan fingerprint density at radius 1 is 1.45 bits per heavy atom. The van der Waals surface area contributed by atoms with Crippen LogP contribution in [-0.2, 0) is 4.79 Å². The lowest BCUT2D eigenvalue weighted by atomic mass is 9.81. The van der Waals surface area contributed by atoms with Crippen LogP contribution in [0.3, 0.4) is 0 Å². The third-order valence-corrected chi connectivity index (χ3v) is 3.07. The lowest BCUT2D eigenvalue weighted by Crippen LogP contribution is -2.26. The molecule has 1 aliphatic rings. The van der Waals surface area contributed by atoms with Crippen molar-refractivity contribution in [1.29, 1.82) is 0 Å². The number of carbonyl (C=O) groups excluding carboxylic acids is 1. The Morgan fingerprint density at radius 3 is 2.55 bits per heavy atom. The lowest BCUT2D eigenvalue weighted by Gasteiger charge is -2.28. The van der Waals surface area contributed by atoms with Crippen molar-refractivity contribution in [3.05, 3.63) is 0 Å². The van der Waals surface area contributed by atoms with Gasteiger partial charge in [0.1, 0.15) is 0 Å². The minimum Gasteiger partial charge on any atom is -0.281 e. The normalized spacial score (nSPS) is 38.6. The third kappa shape index (κ3) is 2.34. The van der Waals surface area contributed by atoms with E-state index in [4.69, 9.17) is 23.2 Å². The molecule has 64 valence electrons. The Balaban J connectivity index is 2.50. The number of rotatable bonds is 1. The summed E-state index contributed by atoms with van der Waals surface area (Å²) < 4.78 is 0. The predicted octanol–water partition coefficient (Wildman–Crippen LogP) is 2.80. The SMILES string of the molecule is C[C@@H]1C[C@H](Cl)CC[C@H]1C(=O)Cl. The summed E-state index contributed by atoms with van der Waals surface area (Å²) in [5.74, 6) is 0.405. The number of hydrogen-bond acceptors (Lipinski definition) is 1. The highest BCUT2D eigenvalue weighted by atomic mass is 35.5. The number of alkyl halides is 1. The molecule has 1 rings (SSSR count). The van der Waals surface area contributed by atoms with Crippen molar-refractivity contribution in [3.63, 3.8) is 0 Å². The molecule has 0 aliphatic heterocycles. The molecule has 0 aromatic rings. The van der Waals surface area contributed by atoms with Gasteiger partial charge in [-0.15, -0.1) is 11.6 Å². The molecule has 0 spiro atoms. The van der Waals surface area contributed by atoms with Crippen molar-refractivity contribution < 1.29 is 4.79 Å². The van der Waals surface area contributed by atoms with Gasteiger partial charge in [-0.3, -0.25) is 4.79 Å². The average molecular weight is 195 g/mol. The van der Waals surface area contributed by atoms with E-state index in [-0.39, 0.29) is 16.5 Å². The molecule has 0 aromatic carbocycles. The van der Waals surface area contributed by atoms with Gasteiger partial charge in [0.2, 0.25) is 5.24 Å². The van der Waals surface area contributed by atoms with Gasteiger partial charge in [0, 0.05) is 11.3 Å². The van der Waals surface area contributed by atoms with Crippen LogP contribution in [0.1, 0.15) is 26.2 Å². The summed E-state index contributed by atoms with van der Waals surface area (Å²) in [7, 11) is 0. The van der Waals surface area contributed by atoms with E-state index in [1.165, 1.54) is 0 Å². The van der Waals surface area contributed by atoms with Crippen LogP contribution in [-0.4, -0.2) is 10.6 Å². The largest absolute Gasteiger partial charge is 0.281 e. The molecule has 0 amide bonds. The van der Waals surface area contributed by atoms with Gasteiger partial charge in [-0.05, 0) is 36.8 Å². The zero-order valence-electron chi connectivity index (χ0n) is 6.52. The summed E-state index contributed by atoms with van der Waals surface area (Å²) in [6.07, 6.45) is 2.71. The fourth-order valence-electron chi connectivity index (χ4n) is 1.67. The van der Waals surface area contributed by atoms with Crippen molar-refractivity contribution in [3.8, 4) is 0 Å². The van der Waals surface area contributed by atoms with Crippen LogP contribution in [0, 0.1) is 11.8 Å². The van der Waals surface area contributed by atoms with Gasteiger partial charge in [0.05, 0.1) is 0 Å². The molecule has 1 saturated carbocycles. The van der Waals surface area contributed by atoms with Gasteiger partial charge >= 0.3 is 0 Å². The molecule has 1 nitrogen and oxygen atoms in total. The van der Waals surface area contributed by atoms with Gasteiger partial charge < -0.3 is 0 Å². The number of carbonyl (C=O) groups is 1. The van der Waals surface area contributed by atoms with Crippen LogP contribution in [0.15, 0.2) is 0 Å². The standard InChI is InChI=1S/C8H12Cl2O/c1-5-4-6(9)2-3-7(5)8(10)11/h5-7H,2-4H2,1H3/t5-,6-,7-/m1/s1. The predicted molar refractivity (Wildman–Crippen MR) is 47.0 cm³/mol. The monoisotopic (exact) mass is 194 g/mol. The van der Waals surface area contributed by atoms with Crippen LogP contribution < -0.4 is 0 Å². The topological polar surface area (TPSA) is 17.1 Å². The lowest BCUT2D eigenvalue weighted by molar-refractivity contribution is -0.117. The van der Waals surface area contributed by atoms with Crippen LogP contribution in [0.4, 0.5) is 0 Å². The minimum absolute atomic E-state index is 0.0478. The van der Waals surface area contributed by atoms with Crippen LogP contribution in [0.25, 0.3) is 0 Å². The molecule has 0 radical (unpaired) electrons. The van der Waals surface area contributed by atoms with Crippen LogP contribution in [0.5, 0.6) is 0 Å². The number of hydrogen-bond donors (Lipinski definition) is 0. The van der Waals surface area contributed by atoms with Crippen molar-refractivity contribution in [2.45, 2.75) is 31.6 Å². The Bertz CT molecular complexity index is 158. The van der Waals surface area contributed by atoms with Crippen molar-refractivity contribution >= 4 is 28.4 Å². The van der Waals surface area contributed by atoms with Crippen molar-refractivity contribution in [2.75, 3.05) is 0 Å². The van der Waals surface area contributed by atoms with E-state index >= 15 is 0 Å². The molecular formula is C8H12Cl2O. The van der Waals surface area contributed by atoms with E-state index in [1.54, 1.807) is 0 Å². The van der Waals surface area contributed by atoms with E-state index in [0.717, 1.165) is 19.3 Å². The maximum Gasteiger partial charge on any atom is 0.224 e. The summed E-state index contributed by atoms with van der Waals surface area (Å²) in [4.78, 5) is 10.8. The first kappa shape index (κ1) is 9.34. The molecule has 0 heterocycles. The Kier molecular flexibility index (Phi) is 3.20. The Morgan fingerprint density at radius 2 is 2.09 bits per heavy atom. The Labute approximate surface area is 77.1 Å². The summed E-state index contributed by atoms with van der Waals surface area (Å²) in [6.45, 7) is 2.04. The molecule has 0 aromatic heterocycles. The summed E-state index contributed by atoms with van der Waals surface area (Å²) >= 11 is 11.3. The molecule has 0 bridgehead atoms. The van der Waals surface area contributed by atoms with Crippen molar-refractivity contribution in [2.24, 2.45) is 11.8 Å². The fourth-order valence-corrected chi connectivity index (χ4v) is 2.40. The molecule has 11 heavy (non-hydrogen) atoms. The molecule has 3 heteroatoms. The molecule has 1 aliphatic carbocycles. The second kappa shape index (κ2) is 3.77. The molecule has 1 fully saturated rings. The summed E-state index contributed by atoms with van der Waals surface area (Å²) in [5, 5.41) is 0.0540. The molecule has 0 N–H and O–H groups in total. The second-order valence-electron chi connectivity index (χ2n) is 3.30. The zero-order valence-corrected chi connectivity index (χ0v) is 8.03. The average Bonchev–Trinajstić information content (AvgIpc) is 1.85. The quantitative estimate of drug-likeness (QED) is 0.464. The summed E-state index contributed by atoms with van der Waals surface area (Å²) in [6, 6.07) is 0. The van der Waals surface area contributed by atoms with Crippen LogP contribution in [0.2, 0.25) is 0 Å². The first-order valence-corrected chi connectivity index (χ1v) is 4.76. The van der Waals surface area contributed by atoms with E-state index < -0.39 is 0 Å². The first-order chi connectivity index (χ1) is 5.11. The van der Waals surface area contributed by atoms with Crippen molar-refractivity contribution in [1.82, 2.24) is 0 Å². The van der Waals surface area contributed by atoms with Gasteiger partial charge in [-0.1, -0.05) is 6.92 Å². The highest BCUT2D eigenvalue weighted by molar-refractivity contribution is 6.64. The summed E-state index contributed by atoms with van der Waals surface area (Å²) in [5.41, 5.74) is 0. The van der Waals surface area contributed by atoms with Gasteiger partial charge in [0.25, 0.3) is 0 Å². The van der Waals surface area contributed by atoms with Gasteiger partial charge in [-0.25, -0.2) is 0 Å². The molecule has 0 saturated heterocycles. The van der Waals surface area contributed by atoms with E-state index in [1.807, 2.05) is 6.92 Å². The molecular weight excluding hydrogens is 183 g/mol. The molecule has 0 unspecified atom stereocenters. The van der Waals surface area contributed by atoms with Crippen LogP contribution >= 0.6 is 23.2 Å². The highest BCUT2D eigenvalue weighted by Crippen LogP contribution is 2.33. The maximum absolute atomic E-state index is 10.8.